The molecule has 3 aliphatic rings. The number of likely N-dealkylation sites (tertiary alicyclic amines) is 1. The summed E-state index contributed by atoms with van der Waals surface area (Å²) in [5, 5.41) is 17.7. The lowest BCUT2D eigenvalue weighted by molar-refractivity contribution is -0.143. The molecule has 2 heterocycles. The molecule has 0 bridgehead atoms. The first kappa shape index (κ1) is 37.5. The summed E-state index contributed by atoms with van der Waals surface area (Å²) in [6.45, 7) is 8.45. The summed E-state index contributed by atoms with van der Waals surface area (Å²) < 4.78 is 74.5. The number of amides is 4. The second-order valence-corrected chi connectivity index (χ2v) is 15.5. The molecule has 0 unspecified atom stereocenters. The normalized spacial score (nSPS) is 24.1. The number of carbonyl (C=O) groups is 4. The van der Waals surface area contributed by atoms with Gasteiger partial charge in [-0.25, -0.2) is 9.52 Å². The molecule has 278 valence electrons. The van der Waals surface area contributed by atoms with E-state index in [0.717, 1.165) is 11.1 Å². The van der Waals surface area contributed by atoms with Crippen LogP contribution in [0.1, 0.15) is 58.9 Å². The van der Waals surface area contributed by atoms with E-state index < -0.39 is 74.3 Å². The van der Waals surface area contributed by atoms with E-state index in [2.05, 4.69) is 32.6 Å². The van der Waals surface area contributed by atoms with Crippen LogP contribution in [-0.4, -0.2) is 100 Å². The average Bonchev–Trinajstić information content (AvgIpc) is 3.34. The number of ether oxygens (including phenoxy) is 2. The Bertz CT molecular complexity index is 1790. The molecular weight excluding hydrogens is 701 g/mol. The van der Waals surface area contributed by atoms with Gasteiger partial charge in [-0.1, -0.05) is 26.8 Å². The lowest BCUT2D eigenvalue weighted by Crippen LogP contribution is -2.60. The number of rotatable bonds is 11. The first-order valence-corrected chi connectivity index (χ1v) is 17.6. The molecule has 0 spiro atoms. The Morgan fingerprint density at radius 2 is 1.78 bits per heavy atom. The number of aromatic nitrogens is 4. The molecule has 1 aromatic carbocycles. The molecule has 1 saturated heterocycles. The van der Waals surface area contributed by atoms with E-state index in [1.54, 1.807) is 45.0 Å². The summed E-state index contributed by atoms with van der Waals surface area (Å²) in [4.78, 5) is 56.6. The van der Waals surface area contributed by atoms with Gasteiger partial charge in [0.15, 0.2) is 0 Å². The Balaban J connectivity index is 1.43. The van der Waals surface area contributed by atoms with Crippen molar-refractivity contribution in [3.8, 4) is 17.1 Å². The number of halogens is 3. The summed E-state index contributed by atoms with van der Waals surface area (Å²) in [6.07, 6.45) is 1.98. The molecule has 2 aliphatic carbocycles. The number of alkyl halides is 3. The molecule has 1 aliphatic heterocycles. The van der Waals surface area contributed by atoms with Gasteiger partial charge in [0.05, 0.1) is 13.2 Å². The minimum atomic E-state index is -6.10. The average molecular weight is 741 g/mol. The Hall–Kier alpha value is -4.75. The van der Waals surface area contributed by atoms with Gasteiger partial charge in [0.2, 0.25) is 17.6 Å². The largest absolute Gasteiger partial charge is 0.516 e. The van der Waals surface area contributed by atoms with Crippen LogP contribution in [-0.2, 0) is 29.1 Å². The monoisotopic (exact) mass is 740 g/mol. The van der Waals surface area contributed by atoms with Crippen LogP contribution in [0.3, 0.4) is 0 Å². The summed E-state index contributed by atoms with van der Waals surface area (Å²) in [6, 6.07) is 3.45. The molecule has 3 fully saturated rings. The predicted octanol–water partition coefficient (Wildman–Crippen LogP) is 2.21. The zero-order valence-electron chi connectivity index (χ0n) is 28.3. The van der Waals surface area contributed by atoms with Crippen molar-refractivity contribution in [2.24, 2.45) is 11.3 Å². The Labute approximate surface area is 291 Å². The van der Waals surface area contributed by atoms with Crippen molar-refractivity contribution in [1.82, 2.24) is 40.5 Å². The van der Waals surface area contributed by atoms with E-state index in [9.17, 15) is 40.8 Å². The molecule has 2 aromatic rings. The summed E-state index contributed by atoms with van der Waals surface area (Å²) in [7, 11) is -4.59. The fraction of sp³-hybridized carbons (Fsp3) is 0.581. The van der Waals surface area contributed by atoms with Crippen LogP contribution in [0.2, 0.25) is 0 Å². The quantitative estimate of drug-likeness (QED) is 0.285. The predicted molar refractivity (Wildman–Crippen MR) is 172 cm³/mol. The van der Waals surface area contributed by atoms with Crippen molar-refractivity contribution in [2.45, 2.75) is 88.2 Å². The fourth-order valence-corrected chi connectivity index (χ4v) is 6.47. The van der Waals surface area contributed by atoms with Gasteiger partial charge in [-0.3, -0.25) is 14.4 Å². The smallest absolute Gasteiger partial charge is 0.497 e. The van der Waals surface area contributed by atoms with Gasteiger partial charge in [-0.05, 0) is 60.6 Å². The zero-order chi connectivity index (χ0) is 37.5. The van der Waals surface area contributed by atoms with Crippen molar-refractivity contribution in [3.05, 3.63) is 36.9 Å². The highest BCUT2D eigenvalue weighted by molar-refractivity contribution is 7.90. The van der Waals surface area contributed by atoms with E-state index in [0.29, 0.717) is 24.2 Å². The molecule has 5 atom stereocenters. The molecular formula is C31H39F3N8O8S. The highest BCUT2D eigenvalue weighted by Crippen LogP contribution is 2.45. The van der Waals surface area contributed by atoms with Gasteiger partial charge in [0, 0.05) is 24.4 Å². The number of sulfonamides is 1. The van der Waals surface area contributed by atoms with E-state index >= 15 is 0 Å². The van der Waals surface area contributed by atoms with Crippen LogP contribution in [0.25, 0.3) is 11.4 Å². The number of methoxy groups -OCH3 is 1. The van der Waals surface area contributed by atoms with Crippen molar-refractivity contribution in [2.75, 3.05) is 13.7 Å². The first-order chi connectivity index (χ1) is 23.8. The second kappa shape index (κ2) is 13.8. The number of hydrogen-bond acceptors (Lipinski definition) is 11. The molecule has 51 heavy (non-hydrogen) atoms. The summed E-state index contributed by atoms with van der Waals surface area (Å²) >= 11 is 0. The minimum absolute atomic E-state index is 0.142. The summed E-state index contributed by atoms with van der Waals surface area (Å²) in [5.41, 5.74) is -8.20. The zero-order valence-corrected chi connectivity index (χ0v) is 29.1. The van der Waals surface area contributed by atoms with Gasteiger partial charge >= 0.3 is 21.6 Å². The Morgan fingerprint density at radius 1 is 1.12 bits per heavy atom. The highest BCUT2D eigenvalue weighted by atomic mass is 32.2. The maximum Gasteiger partial charge on any atom is 0.516 e. The van der Waals surface area contributed by atoms with Crippen LogP contribution in [0, 0.1) is 11.3 Å². The molecule has 1 aromatic heterocycles. The van der Waals surface area contributed by atoms with Crippen LogP contribution < -0.4 is 20.1 Å². The third-order valence-electron chi connectivity index (χ3n) is 9.25. The number of alkyl carbamates (subject to hydrolysis) is 1. The third-order valence-corrected chi connectivity index (χ3v) is 10.3. The molecule has 20 heteroatoms. The maximum atomic E-state index is 14.3. The minimum Gasteiger partial charge on any atom is -0.497 e. The van der Waals surface area contributed by atoms with Crippen LogP contribution in [0.4, 0.5) is 18.0 Å². The first-order valence-electron chi connectivity index (χ1n) is 16.1. The maximum absolute atomic E-state index is 14.3. The van der Waals surface area contributed by atoms with Crippen molar-refractivity contribution >= 4 is 33.8 Å². The number of carbonyl (C=O) groups excluding carboxylic acids is 4. The van der Waals surface area contributed by atoms with Gasteiger partial charge in [0.25, 0.3) is 5.91 Å². The van der Waals surface area contributed by atoms with Gasteiger partial charge in [-0.15, -0.1) is 16.8 Å². The second-order valence-electron chi connectivity index (χ2n) is 13.8. The Morgan fingerprint density at radius 3 is 2.31 bits per heavy atom. The van der Waals surface area contributed by atoms with E-state index in [4.69, 9.17) is 9.47 Å². The lowest BCUT2D eigenvalue weighted by atomic mass is 9.85. The number of benzene rings is 1. The number of hydrogen-bond donors (Lipinski definition) is 3. The van der Waals surface area contributed by atoms with Crippen molar-refractivity contribution in [3.63, 3.8) is 0 Å². The molecule has 3 N–H and O–H groups in total. The number of nitrogens with zero attached hydrogens (tertiary/aromatic N) is 5. The molecule has 16 nitrogen and oxygen atoms in total. The molecule has 0 radical (unpaired) electrons. The topological polar surface area (TPSA) is 204 Å². The van der Waals surface area contributed by atoms with E-state index in [-0.39, 0.29) is 31.3 Å². The number of tetrazole rings is 1. The van der Waals surface area contributed by atoms with Crippen molar-refractivity contribution < 1.29 is 50.2 Å². The molecule has 2 saturated carbocycles. The summed E-state index contributed by atoms with van der Waals surface area (Å²) in [5.74, 6) is -3.36. The lowest BCUT2D eigenvalue weighted by Gasteiger charge is -2.36. The number of nitrogens with one attached hydrogen (secondary N) is 3. The van der Waals surface area contributed by atoms with Crippen LogP contribution in [0.5, 0.6) is 5.75 Å². The Kier molecular flexibility index (Phi) is 10.1. The SMILES string of the molecule is C=C[C@@H]1C[C@]1(NC(=O)[C@@H]1C[C@@H](n2nnc(-c3ccc(OC)cc3)n2)CN1C(=O)[C@@H](NC(=O)OC1CCC1)C(C)(C)C)C(=O)NS(=O)(=O)C(F)(F)F. The van der Waals surface area contributed by atoms with Gasteiger partial charge < -0.3 is 25.0 Å². The standard InChI is InChI=1S/C31H39F3N8O8S/c1-6-18-15-30(18,27(45)39-51(47,48)31(32,33)34)36-25(43)22-14-19(42-38-24(37-40-42)17-10-12-20(49-5)13-11-17)16-41(22)26(44)23(29(2,3)4)35-28(46)50-21-8-7-9-21/h6,10-13,18-19,21-23H,1,7-9,14-16H2,2-5H3,(H,35,46)(H,36,43)(H,39,45)/t18-,19-,22+,23-,30-/m1/s1. The van der Waals surface area contributed by atoms with E-state index in [1.165, 1.54) is 22.9 Å². The van der Waals surface area contributed by atoms with Gasteiger partial charge in [-0.2, -0.15) is 26.4 Å². The van der Waals surface area contributed by atoms with E-state index in [1.807, 2.05) is 0 Å². The van der Waals surface area contributed by atoms with Crippen LogP contribution >= 0.6 is 0 Å². The fourth-order valence-electron chi connectivity index (χ4n) is 5.92. The highest BCUT2D eigenvalue weighted by Gasteiger charge is 2.63. The van der Waals surface area contributed by atoms with Gasteiger partial charge in [0.1, 0.15) is 29.5 Å². The molecule has 4 amide bonds. The molecule has 5 rings (SSSR count). The third kappa shape index (κ3) is 7.79. The van der Waals surface area contributed by atoms with Crippen molar-refractivity contribution in [1.29, 1.82) is 0 Å². The van der Waals surface area contributed by atoms with Crippen LogP contribution in [0.15, 0.2) is 36.9 Å².